The maximum Gasteiger partial charge on any atom is 0.0625 e. The molecule has 2 unspecified atom stereocenters. The lowest BCUT2D eigenvalue weighted by Crippen LogP contribution is -2.44. The highest BCUT2D eigenvalue weighted by atomic mass is 32.1. The monoisotopic (exact) mass is 247 g/mol. The predicted molar refractivity (Wildman–Crippen MR) is 72.5 cm³/mol. The van der Waals surface area contributed by atoms with E-state index in [0.29, 0.717) is 5.92 Å². The molecule has 2 atom stereocenters. The van der Waals surface area contributed by atoms with Crippen LogP contribution in [0.15, 0.2) is 23.7 Å². The van der Waals surface area contributed by atoms with Crippen molar-refractivity contribution in [3.8, 4) is 0 Å². The fraction of sp³-hybridized carbons (Fsp3) is 0.462. The molecule has 0 radical (unpaired) electrons. The molecule has 2 aromatic rings. The molecule has 0 aliphatic carbocycles. The van der Waals surface area contributed by atoms with E-state index in [0.717, 1.165) is 19.5 Å². The zero-order valence-electron chi connectivity index (χ0n) is 9.97. The number of hydrogen-bond donors (Lipinski definition) is 1. The second kappa shape index (κ2) is 4.37. The number of nitrogens with zero attached hydrogens (tertiary/aromatic N) is 2. The van der Waals surface area contributed by atoms with Gasteiger partial charge in [-0.2, -0.15) is 0 Å². The van der Waals surface area contributed by atoms with Gasteiger partial charge < -0.3 is 10.6 Å². The highest BCUT2D eigenvalue weighted by Crippen LogP contribution is 2.32. The zero-order valence-corrected chi connectivity index (χ0v) is 10.8. The minimum absolute atomic E-state index is 0.274. The lowest BCUT2D eigenvalue weighted by molar-refractivity contribution is 0.226. The van der Waals surface area contributed by atoms with E-state index in [2.05, 4.69) is 34.4 Å². The molecule has 1 aliphatic rings. The molecule has 2 aromatic heterocycles. The molecule has 4 heteroatoms. The molecular weight excluding hydrogens is 230 g/mol. The highest BCUT2D eigenvalue weighted by molar-refractivity contribution is 7.17. The molecule has 1 saturated heterocycles. The second-order valence-electron chi connectivity index (χ2n) is 4.95. The number of thiophene rings is 1. The smallest absolute Gasteiger partial charge is 0.0625 e. The largest absolute Gasteiger partial charge is 0.327 e. The quantitative estimate of drug-likeness (QED) is 0.838. The lowest BCUT2D eigenvalue weighted by atomic mass is 9.91. The Hall–Kier alpha value is -0.970. The number of aromatic nitrogens is 1. The summed E-state index contributed by atoms with van der Waals surface area (Å²) in [7, 11) is 2.14. The third-order valence-electron chi connectivity index (χ3n) is 3.45. The van der Waals surface area contributed by atoms with Gasteiger partial charge >= 0.3 is 0 Å². The van der Waals surface area contributed by atoms with Gasteiger partial charge in [-0.1, -0.05) is 0 Å². The fourth-order valence-electron chi connectivity index (χ4n) is 2.77. The summed E-state index contributed by atoms with van der Waals surface area (Å²) >= 11 is 1.79. The molecule has 3 heterocycles. The van der Waals surface area contributed by atoms with Gasteiger partial charge in [0, 0.05) is 31.2 Å². The molecule has 0 aromatic carbocycles. The van der Waals surface area contributed by atoms with E-state index >= 15 is 0 Å². The van der Waals surface area contributed by atoms with Crippen LogP contribution in [0.5, 0.6) is 0 Å². The van der Waals surface area contributed by atoms with Crippen LogP contribution >= 0.6 is 11.3 Å². The van der Waals surface area contributed by atoms with Gasteiger partial charge in [0.15, 0.2) is 0 Å². The zero-order chi connectivity index (χ0) is 11.8. The number of piperidine rings is 1. The number of likely N-dealkylation sites (tertiary alicyclic amines) is 1. The Morgan fingerprint density at radius 2 is 2.29 bits per heavy atom. The molecule has 0 saturated carbocycles. The van der Waals surface area contributed by atoms with E-state index in [-0.39, 0.29) is 6.04 Å². The summed E-state index contributed by atoms with van der Waals surface area (Å²) in [6, 6.07) is 4.52. The first-order chi connectivity index (χ1) is 8.24. The topological polar surface area (TPSA) is 42.1 Å². The Kier molecular flexibility index (Phi) is 2.86. The van der Waals surface area contributed by atoms with E-state index < -0.39 is 0 Å². The first-order valence-corrected chi connectivity index (χ1v) is 6.88. The minimum Gasteiger partial charge on any atom is -0.327 e. The maximum atomic E-state index is 6.11. The van der Waals surface area contributed by atoms with E-state index in [1.165, 1.54) is 15.8 Å². The molecule has 0 amide bonds. The van der Waals surface area contributed by atoms with Gasteiger partial charge in [-0.05, 0) is 36.4 Å². The molecule has 0 bridgehead atoms. The SMILES string of the molecule is CN1CC(N)CC(c2nccc3ccsc23)C1. The van der Waals surface area contributed by atoms with Crippen molar-refractivity contribution in [3.05, 3.63) is 29.4 Å². The molecule has 0 spiro atoms. The van der Waals surface area contributed by atoms with Crippen molar-refractivity contribution in [2.75, 3.05) is 20.1 Å². The highest BCUT2D eigenvalue weighted by Gasteiger charge is 2.26. The third kappa shape index (κ3) is 2.08. The van der Waals surface area contributed by atoms with Crippen LogP contribution < -0.4 is 5.73 Å². The molecule has 3 nitrogen and oxygen atoms in total. The number of pyridine rings is 1. The van der Waals surface area contributed by atoms with Gasteiger partial charge in [0.1, 0.15) is 0 Å². The van der Waals surface area contributed by atoms with Crippen LogP contribution in [0.4, 0.5) is 0 Å². The van der Waals surface area contributed by atoms with Crippen LogP contribution in [-0.2, 0) is 0 Å². The predicted octanol–water partition coefficient (Wildman–Crippen LogP) is 2.04. The molecular formula is C13H17N3S. The van der Waals surface area contributed by atoms with E-state index in [9.17, 15) is 0 Å². The van der Waals surface area contributed by atoms with Crippen molar-refractivity contribution in [3.63, 3.8) is 0 Å². The van der Waals surface area contributed by atoms with Crippen LogP contribution in [0, 0.1) is 0 Å². The van der Waals surface area contributed by atoms with Crippen molar-refractivity contribution in [2.24, 2.45) is 5.73 Å². The molecule has 1 fully saturated rings. The van der Waals surface area contributed by atoms with Crippen LogP contribution in [0.25, 0.3) is 10.1 Å². The van der Waals surface area contributed by atoms with Crippen LogP contribution in [0.2, 0.25) is 0 Å². The van der Waals surface area contributed by atoms with Crippen molar-refractivity contribution < 1.29 is 0 Å². The van der Waals surface area contributed by atoms with Crippen LogP contribution in [0.1, 0.15) is 18.0 Å². The summed E-state index contributed by atoms with van der Waals surface area (Å²) in [6.45, 7) is 2.06. The summed E-state index contributed by atoms with van der Waals surface area (Å²) < 4.78 is 1.33. The summed E-state index contributed by atoms with van der Waals surface area (Å²) in [4.78, 5) is 6.91. The molecule has 17 heavy (non-hydrogen) atoms. The Morgan fingerprint density at radius 1 is 1.41 bits per heavy atom. The summed E-state index contributed by atoms with van der Waals surface area (Å²) in [5.74, 6) is 0.478. The Balaban J connectivity index is 2.00. The standard InChI is InChI=1S/C13H17N3S/c1-16-7-10(6-11(14)8-16)12-13-9(2-4-15-12)3-5-17-13/h2-5,10-11H,6-8,14H2,1H3. The number of likely N-dealkylation sites (N-methyl/N-ethyl adjacent to an activating group) is 1. The van der Waals surface area contributed by atoms with Crippen LogP contribution in [0.3, 0.4) is 0 Å². The van der Waals surface area contributed by atoms with Gasteiger partial charge in [-0.25, -0.2) is 0 Å². The van der Waals surface area contributed by atoms with Crippen molar-refractivity contribution in [2.45, 2.75) is 18.4 Å². The average molecular weight is 247 g/mol. The maximum absolute atomic E-state index is 6.11. The Morgan fingerprint density at radius 3 is 3.12 bits per heavy atom. The fourth-order valence-corrected chi connectivity index (χ4v) is 3.73. The van der Waals surface area contributed by atoms with Crippen LogP contribution in [-0.4, -0.2) is 36.1 Å². The lowest BCUT2D eigenvalue weighted by Gasteiger charge is -2.33. The molecule has 2 N–H and O–H groups in total. The van der Waals surface area contributed by atoms with E-state index in [1.54, 1.807) is 11.3 Å². The molecule has 1 aliphatic heterocycles. The number of fused-ring (bicyclic) bond motifs is 1. The first-order valence-electron chi connectivity index (χ1n) is 6.00. The first kappa shape index (κ1) is 11.1. The summed E-state index contributed by atoms with van der Waals surface area (Å²) in [5.41, 5.74) is 7.34. The number of nitrogens with two attached hydrogens (primary N) is 1. The van der Waals surface area contributed by atoms with E-state index in [1.807, 2.05) is 6.20 Å². The number of rotatable bonds is 1. The molecule has 3 rings (SSSR count). The van der Waals surface area contributed by atoms with Gasteiger partial charge in [0.25, 0.3) is 0 Å². The Bertz CT molecular complexity index is 512. The number of hydrogen-bond acceptors (Lipinski definition) is 4. The van der Waals surface area contributed by atoms with Crippen molar-refractivity contribution >= 4 is 21.4 Å². The van der Waals surface area contributed by atoms with Crippen molar-refractivity contribution in [1.29, 1.82) is 0 Å². The minimum atomic E-state index is 0.274. The van der Waals surface area contributed by atoms with Gasteiger partial charge in [0.05, 0.1) is 10.4 Å². The second-order valence-corrected chi connectivity index (χ2v) is 5.87. The Labute approximate surface area is 105 Å². The molecule has 90 valence electrons. The third-order valence-corrected chi connectivity index (χ3v) is 4.40. The van der Waals surface area contributed by atoms with Gasteiger partial charge in [0.2, 0.25) is 0 Å². The van der Waals surface area contributed by atoms with Gasteiger partial charge in [-0.15, -0.1) is 11.3 Å². The summed E-state index contributed by atoms with van der Waals surface area (Å²) in [6.07, 6.45) is 2.97. The normalized spacial score (nSPS) is 26.5. The van der Waals surface area contributed by atoms with Gasteiger partial charge in [-0.3, -0.25) is 4.98 Å². The summed E-state index contributed by atoms with van der Waals surface area (Å²) in [5, 5.41) is 3.45. The van der Waals surface area contributed by atoms with Crippen molar-refractivity contribution in [1.82, 2.24) is 9.88 Å². The average Bonchev–Trinajstić information content (AvgIpc) is 2.75. The van der Waals surface area contributed by atoms with E-state index in [4.69, 9.17) is 5.73 Å².